The summed E-state index contributed by atoms with van der Waals surface area (Å²) in [5.74, 6) is 0.381. The van der Waals surface area contributed by atoms with E-state index in [4.69, 9.17) is 0 Å². The quantitative estimate of drug-likeness (QED) is 0.798. The predicted octanol–water partition coefficient (Wildman–Crippen LogP) is 3.30. The van der Waals surface area contributed by atoms with E-state index in [0.29, 0.717) is 11.7 Å². The minimum Gasteiger partial charge on any atom is -0.299 e. The molecule has 0 bridgehead atoms. The van der Waals surface area contributed by atoms with E-state index >= 15 is 0 Å². The van der Waals surface area contributed by atoms with Crippen molar-refractivity contribution < 1.29 is 9.18 Å². The normalized spacial score (nSPS) is 27.3. The van der Waals surface area contributed by atoms with Crippen LogP contribution in [0.15, 0.2) is 18.3 Å². The first kappa shape index (κ1) is 14.6. The number of hydrogen-bond donors (Lipinski definition) is 0. The summed E-state index contributed by atoms with van der Waals surface area (Å²) < 4.78 is 12.9. The van der Waals surface area contributed by atoms with Gasteiger partial charge < -0.3 is 0 Å². The zero-order chi connectivity index (χ0) is 14.8. The first-order chi connectivity index (χ1) is 10.1. The lowest BCUT2D eigenvalue weighted by molar-refractivity contribution is 0.0750. The molecule has 21 heavy (non-hydrogen) atoms. The van der Waals surface area contributed by atoms with Crippen LogP contribution in [0.1, 0.15) is 49.5 Å². The van der Waals surface area contributed by atoms with Gasteiger partial charge in [-0.2, -0.15) is 0 Å². The SMILES string of the molecule is CC(CN1CCCC2CCCC21)C(=O)c1ccc(F)cn1. The Kier molecular flexibility index (Phi) is 4.34. The maximum absolute atomic E-state index is 12.9. The Bertz CT molecular complexity index is 502. The molecule has 114 valence electrons. The first-order valence-electron chi connectivity index (χ1n) is 8.05. The largest absolute Gasteiger partial charge is 0.299 e. The highest BCUT2D eigenvalue weighted by Crippen LogP contribution is 2.37. The Hall–Kier alpha value is -1.29. The molecule has 4 heteroatoms. The predicted molar refractivity (Wildman–Crippen MR) is 79.6 cm³/mol. The fraction of sp³-hybridized carbons (Fsp3) is 0.647. The van der Waals surface area contributed by atoms with E-state index in [1.807, 2.05) is 6.92 Å². The number of pyridine rings is 1. The van der Waals surface area contributed by atoms with Crippen LogP contribution in [0.3, 0.4) is 0 Å². The van der Waals surface area contributed by atoms with Gasteiger partial charge in [-0.05, 0) is 50.3 Å². The molecule has 2 fully saturated rings. The molecule has 0 aromatic carbocycles. The molecule has 1 saturated carbocycles. The number of aromatic nitrogens is 1. The van der Waals surface area contributed by atoms with Crippen LogP contribution in [0.25, 0.3) is 0 Å². The van der Waals surface area contributed by atoms with Crippen molar-refractivity contribution in [2.24, 2.45) is 11.8 Å². The van der Waals surface area contributed by atoms with Crippen molar-refractivity contribution in [2.75, 3.05) is 13.1 Å². The summed E-state index contributed by atoms with van der Waals surface area (Å²) >= 11 is 0. The summed E-state index contributed by atoms with van der Waals surface area (Å²) in [7, 11) is 0. The van der Waals surface area contributed by atoms with Crippen molar-refractivity contribution in [3.8, 4) is 0 Å². The first-order valence-corrected chi connectivity index (χ1v) is 8.05. The van der Waals surface area contributed by atoms with E-state index in [9.17, 15) is 9.18 Å². The van der Waals surface area contributed by atoms with E-state index in [0.717, 1.165) is 25.2 Å². The molecule has 1 aliphatic carbocycles. The molecule has 3 unspecified atom stereocenters. The molecule has 2 heterocycles. The lowest BCUT2D eigenvalue weighted by Crippen LogP contribution is -2.45. The van der Waals surface area contributed by atoms with Gasteiger partial charge in [-0.1, -0.05) is 13.3 Å². The molecule has 3 rings (SSSR count). The van der Waals surface area contributed by atoms with E-state index in [2.05, 4.69) is 9.88 Å². The van der Waals surface area contributed by atoms with Crippen LogP contribution >= 0.6 is 0 Å². The molecule has 1 saturated heterocycles. The number of carbonyl (C=O) groups excluding carboxylic acids is 1. The second-order valence-corrected chi connectivity index (χ2v) is 6.52. The van der Waals surface area contributed by atoms with Crippen molar-refractivity contribution in [1.29, 1.82) is 0 Å². The number of halogens is 1. The van der Waals surface area contributed by atoms with Gasteiger partial charge in [0.15, 0.2) is 5.78 Å². The van der Waals surface area contributed by atoms with Crippen molar-refractivity contribution in [2.45, 2.75) is 45.1 Å². The number of likely N-dealkylation sites (tertiary alicyclic amines) is 1. The van der Waals surface area contributed by atoms with Crippen LogP contribution in [0.4, 0.5) is 4.39 Å². The van der Waals surface area contributed by atoms with Crippen molar-refractivity contribution in [3.05, 3.63) is 29.8 Å². The van der Waals surface area contributed by atoms with Crippen LogP contribution in [0.5, 0.6) is 0 Å². The Morgan fingerprint density at radius 2 is 2.19 bits per heavy atom. The number of ketones is 1. The van der Waals surface area contributed by atoms with Crippen LogP contribution in [0.2, 0.25) is 0 Å². The zero-order valence-electron chi connectivity index (χ0n) is 12.6. The van der Waals surface area contributed by atoms with E-state index in [-0.39, 0.29) is 11.7 Å². The topological polar surface area (TPSA) is 33.2 Å². The third kappa shape index (κ3) is 3.15. The highest BCUT2D eigenvalue weighted by molar-refractivity contribution is 5.95. The summed E-state index contributed by atoms with van der Waals surface area (Å²) in [5.41, 5.74) is 0.379. The number of nitrogens with zero attached hydrogens (tertiary/aromatic N) is 2. The molecule has 0 spiro atoms. The van der Waals surface area contributed by atoms with E-state index < -0.39 is 5.82 Å². The van der Waals surface area contributed by atoms with Gasteiger partial charge in [-0.3, -0.25) is 14.7 Å². The number of carbonyl (C=O) groups is 1. The second-order valence-electron chi connectivity index (χ2n) is 6.52. The summed E-state index contributed by atoms with van der Waals surface area (Å²) in [4.78, 5) is 18.8. The summed E-state index contributed by atoms with van der Waals surface area (Å²) in [6, 6.07) is 3.47. The van der Waals surface area contributed by atoms with Gasteiger partial charge >= 0.3 is 0 Å². The average molecular weight is 290 g/mol. The van der Waals surface area contributed by atoms with Crippen molar-refractivity contribution in [3.63, 3.8) is 0 Å². The molecule has 3 atom stereocenters. The molecular formula is C17H23FN2O. The smallest absolute Gasteiger partial charge is 0.185 e. The lowest BCUT2D eigenvalue weighted by atomic mass is 9.90. The Morgan fingerprint density at radius 1 is 1.38 bits per heavy atom. The summed E-state index contributed by atoms with van der Waals surface area (Å²) in [6.07, 6.45) is 7.67. The summed E-state index contributed by atoms with van der Waals surface area (Å²) in [5, 5.41) is 0. The third-order valence-corrected chi connectivity index (χ3v) is 5.04. The lowest BCUT2D eigenvalue weighted by Gasteiger charge is -2.38. The average Bonchev–Trinajstić information content (AvgIpc) is 2.97. The van der Waals surface area contributed by atoms with Crippen LogP contribution in [-0.4, -0.2) is 34.8 Å². The molecule has 0 radical (unpaired) electrons. The van der Waals surface area contributed by atoms with Gasteiger partial charge in [-0.15, -0.1) is 0 Å². The highest BCUT2D eigenvalue weighted by atomic mass is 19.1. The molecule has 1 aromatic heterocycles. The molecule has 1 aromatic rings. The maximum atomic E-state index is 12.9. The molecule has 1 aliphatic heterocycles. The van der Waals surface area contributed by atoms with Crippen molar-refractivity contribution >= 4 is 5.78 Å². The number of piperidine rings is 1. The Balaban J connectivity index is 1.63. The monoisotopic (exact) mass is 290 g/mol. The third-order valence-electron chi connectivity index (χ3n) is 5.04. The van der Waals surface area contributed by atoms with Gasteiger partial charge in [-0.25, -0.2) is 4.39 Å². The Morgan fingerprint density at radius 3 is 2.95 bits per heavy atom. The van der Waals surface area contributed by atoms with Crippen LogP contribution in [-0.2, 0) is 0 Å². The second kappa shape index (κ2) is 6.22. The summed E-state index contributed by atoms with van der Waals surface area (Å²) in [6.45, 7) is 3.88. The fourth-order valence-corrected chi connectivity index (χ4v) is 3.99. The molecule has 2 aliphatic rings. The number of fused-ring (bicyclic) bond motifs is 1. The minimum absolute atomic E-state index is 0.0233. The number of rotatable bonds is 4. The van der Waals surface area contributed by atoms with Gasteiger partial charge in [0.2, 0.25) is 0 Å². The van der Waals surface area contributed by atoms with E-state index in [1.165, 1.54) is 44.2 Å². The van der Waals surface area contributed by atoms with E-state index in [1.54, 1.807) is 0 Å². The molecule has 0 N–H and O–H groups in total. The van der Waals surface area contributed by atoms with Crippen molar-refractivity contribution in [1.82, 2.24) is 9.88 Å². The number of hydrogen-bond acceptors (Lipinski definition) is 3. The number of Topliss-reactive ketones (excluding diaryl/α,β-unsaturated/α-hetero) is 1. The highest BCUT2D eigenvalue weighted by Gasteiger charge is 2.36. The van der Waals surface area contributed by atoms with Gasteiger partial charge in [0, 0.05) is 18.5 Å². The standard InChI is InChI=1S/C17H23FN2O/c1-12(17(21)15-8-7-14(18)10-19-15)11-20-9-3-5-13-4-2-6-16(13)20/h7-8,10,12-13,16H,2-6,9,11H2,1H3. The molecule has 3 nitrogen and oxygen atoms in total. The Labute approximate surface area is 125 Å². The van der Waals surface area contributed by atoms with Gasteiger partial charge in [0.05, 0.1) is 6.20 Å². The fourth-order valence-electron chi connectivity index (χ4n) is 3.99. The van der Waals surface area contributed by atoms with Crippen LogP contribution in [0, 0.1) is 17.7 Å². The molecule has 0 amide bonds. The van der Waals surface area contributed by atoms with Crippen LogP contribution < -0.4 is 0 Å². The minimum atomic E-state index is -0.399. The zero-order valence-corrected chi connectivity index (χ0v) is 12.6. The van der Waals surface area contributed by atoms with Gasteiger partial charge in [0.1, 0.15) is 11.5 Å². The maximum Gasteiger partial charge on any atom is 0.185 e. The molecular weight excluding hydrogens is 267 g/mol. The van der Waals surface area contributed by atoms with Gasteiger partial charge in [0.25, 0.3) is 0 Å².